The van der Waals surface area contributed by atoms with E-state index in [2.05, 4.69) is 20.3 Å². The van der Waals surface area contributed by atoms with E-state index in [1.807, 2.05) is 54.6 Å². The molecule has 0 spiro atoms. The molecular weight excluding hydrogens is 326 g/mol. The Morgan fingerprint density at radius 2 is 1.54 bits per heavy atom. The van der Waals surface area contributed by atoms with E-state index in [4.69, 9.17) is 0 Å². The van der Waals surface area contributed by atoms with Crippen LogP contribution in [-0.2, 0) is 5.60 Å². The van der Waals surface area contributed by atoms with Crippen molar-refractivity contribution >= 4 is 0 Å². The third-order valence-electron chi connectivity index (χ3n) is 4.42. The normalized spacial score (nSPS) is 14.5. The van der Waals surface area contributed by atoms with E-state index in [-0.39, 0.29) is 0 Å². The van der Waals surface area contributed by atoms with Gasteiger partial charge >= 0.3 is 0 Å². The van der Waals surface area contributed by atoms with Crippen molar-refractivity contribution < 1.29 is 5.11 Å². The zero-order chi connectivity index (χ0) is 17.8. The van der Waals surface area contributed by atoms with Crippen LogP contribution in [-0.4, -0.2) is 30.1 Å². The van der Waals surface area contributed by atoms with Crippen LogP contribution in [0, 0.1) is 0 Å². The van der Waals surface area contributed by atoms with Crippen LogP contribution in [0.2, 0.25) is 0 Å². The van der Waals surface area contributed by atoms with Gasteiger partial charge in [0.2, 0.25) is 0 Å². The molecule has 0 bridgehead atoms. The minimum absolute atomic E-state index is 0.565. The number of hydrogen-bond acceptors (Lipinski definition) is 5. The molecule has 1 unspecified atom stereocenters. The summed E-state index contributed by atoms with van der Waals surface area (Å²) in [6.07, 6.45) is 10.1. The molecule has 0 aliphatic carbocycles. The topological polar surface area (TPSA) is 76.7 Å². The van der Waals surface area contributed by atoms with Crippen LogP contribution >= 0.6 is 0 Å². The van der Waals surface area contributed by atoms with E-state index < -0.39 is 11.6 Å². The summed E-state index contributed by atoms with van der Waals surface area (Å²) in [6, 6.07) is 16.4. The van der Waals surface area contributed by atoms with E-state index in [9.17, 15) is 5.11 Å². The third-order valence-corrected chi connectivity index (χ3v) is 4.42. The maximum Gasteiger partial charge on any atom is 0.143 e. The van der Waals surface area contributed by atoms with Crippen LogP contribution in [0.4, 0.5) is 0 Å². The molecule has 3 heterocycles. The van der Waals surface area contributed by atoms with Gasteiger partial charge in [-0.3, -0.25) is 9.97 Å². The Bertz CT molecular complexity index is 904. The van der Waals surface area contributed by atoms with Crippen molar-refractivity contribution in [2.24, 2.45) is 0 Å². The van der Waals surface area contributed by atoms with Crippen LogP contribution in [0.1, 0.15) is 22.7 Å². The van der Waals surface area contributed by atoms with Gasteiger partial charge in [0.05, 0.1) is 6.20 Å². The number of benzene rings is 1. The summed E-state index contributed by atoms with van der Waals surface area (Å²) in [5, 5.41) is 20.2. The molecule has 1 N–H and O–H groups in total. The fourth-order valence-electron chi connectivity index (χ4n) is 3.24. The summed E-state index contributed by atoms with van der Waals surface area (Å²) in [5.74, 6) is 0. The van der Waals surface area contributed by atoms with Crippen molar-refractivity contribution in [3.8, 4) is 0 Å². The molecule has 6 heteroatoms. The van der Waals surface area contributed by atoms with E-state index >= 15 is 0 Å². The quantitative estimate of drug-likeness (QED) is 0.603. The second-order valence-electron chi connectivity index (χ2n) is 5.95. The van der Waals surface area contributed by atoms with Gasteiger partial charge in [-0.25, -0.2) is 4.68 Å². The Morgan fingerprint density at radius 1 is 0.808 bits per heavy atom. The van der Waals surface area contributed by atoms with Crippen molar-refractivity contribution in [3.05, 3.63) is 108 Å². The second-order valence-corrected chi connectivity index (χ2v) is 5.95. The molecule has 0 fully saturated rings. The minimum Gasteiger partial charge on any atom is -0.378 e. The highest BCUT2D eigenvalue weighted by atomic mass is 16.3. The van der Waals surface area contributed by atoms with Crippen LogP contribution < -0.4 is 0 Å². The first kappa shape index (κ1) is 16.1. The van der Waals surface area contributed by atoms with Crippen molar-refractivity contribution in [2.75, 3.05) is 0 Å². The Balaban J connectivity index is 2.00. The van der Waals surface area contributed by atoms with Crippen LogP contribution in [0.3, 0.4) is 0 Å². The average molecular weight is 343 g/mol. The molecule has 0 radical (unpaired) electrons. The first-order valence-electron chi connectivity index (χ1n) is 8.24. The van der Waals surface area contributed by atoms with Gasteiger partial charge < -0.3 is 5.11 Å². The van der Waals surface area contributed by atoms with Crippen molar-refractivity contribution in [1.82, 2.24) is 25.0 Å². The van der Waals surface area contributed by atoms with Gasteiger partial charge in [-0.2, -0.15) is 0 Å². The summed E-state index contributed by atoms with van der Waals surface area (Å²) in [4.78, 5) is 8.44. The first-order valence-corrected chi connectivity index (χ1v) is 8.24. The van der Waals surface area contributed by atoms with Gasteiger partial charge in [-0.15, -0.1) is 5.10 Å². The number of nitrogens with zero attached hydrogens (tertiary/aromatic N) is 5. The van der Waals surface area contributed by atoms with Gasteiger partial charge in [0, 0.05) is 36.5 Å². The highest BCUT2D eigenvalue weighted by Gasteiger charge is 2.43. The predicted molar refractivity (Wildman–Crippen MR) is 96.1 cm³/mol. The number of aromatic nitrogens is 5. The van der Waals surface area contributed by atoms with E-state index in [0.717, 1.165) is 11.1 Å². The molecular formula is C20H17N5O. The lowest BCUT2D eigenvalue weighted by Crippen LogP contribution is -2.39. The molecule has 128 valence electrons. The first-order chi connectivity index (χ1) is 12.8. The lowest BCUT2D eigenvalue weighted by atomic mass is 9.78. The number of pyridine rings is 2. The monoisotopic (exact) mass is 343 g/mol. The molecule has 0 aliphatic heterocycles. The molecule has 1 aromatic carbocycles. The summed E-state index contributed by atoms with van der Waals surface area (Å²) in [6.45, 7) is 0. The maximum atomic E-state index is 12.1. The molecule has 0 aliphatic rings. The minimum atomic E-state index is -1.41. The van der Waals surface area contributed by atoms with Gasteiger partial charge in [0.15, 0.2) is 0 Å². The molecule has 0 saturated carbocycles. The van der Waals surface area contributed by atoms with Gasteiger partial charge in [-0.05, 0) is 23.3 Å². The van der Waals surface area contributed by atoms with Crippen LogP contribution in [0.15, 0.2) is 91.8 Å². The van der Waals surface area contributed by atoms with Crippen molar-refractivity contribution in [3.63, 3.8) is 0 Å². The second kappa shape index (κ2) is 6.85. The smallest absolute Gasteiger partial charge is 0.143 e. The van der Waals surface area contributed by atoms with Gasteiger partial charge in [-0.1, -0.05) is 47.7 Å². The SMILES string of the molecule is O[C@](c1ccccc1)(c1cccnc1)C(c1cccnc1)n1ccnn1. The Labute approximate surface area is 150 Å². The van der Waals surface area contributed by atoms with Crippen LogP contribution in [0.5, 0.6) is 0 Å². The molecule has 2 atom stereocenters. The van der Waals surface area contributed by atoms with Gasteiger partial charge in [0.25, 0.3) is 0 Å². The Kier molecular flexibility index (Phi) is 4.25. The van der Waals surface area contributed by atoms with Crippen molar-refractivity contribution in [2.45, 2.75) is 11.6 Å². The molecule has 0 saturated heterocycles. The van der Waals surface area contributed by atoms with E-state index in [0.29, 0.717) is 5.56 Å². The lowest BCUT2D eigenvalue weighted by molar-refractivity contribution is 0.0325. The highest BCUT2D eigenvalue weighted by molar-refractivity contribution is 5.40. The van der Waals surface area contributed by atoms with E-state index in [1.54, 1.807) is 41.9 Å². The lowest BCUT2D eigenvalue weighted by Gasteiger charge is -2.37. The summed E-state index contributed by atoms with van der Waals surface area (Å²) in [7, 11) is 0. The third kappa shape index (κ3) is 2.76. The summed E-state index contributed by atoms with van der Waals surface area (Å²) < 4.78 is 1.65. The van der Waals surface area contributed by atoms with E-state index in [1.165, 1.54) is 0 Å². The predicted octanol–water partition coefficient (Wildman–Crippen LogP) is 2.59. The molecule has 3 aromatic heterocycles. The fourth-order valence-corrected chi connectivity index (χ4v) is 3.24. The van der Waals surface area contributed by atoms with Crippen LogP contribution in [0.25, 0.3) is 0 Å². The average Bonchev–Trinajstić information content (AvgIpc) is 3.24. The maximum absolute atomic E-state index is 12.1. The number of aliphatic hydroxyl groups is 1. The summed E-state index contributed by atoms with van der Waals surface area (Å²) >= 11 is 0. The zero-order valence-corrected chi connectivity index (χ0v) is 13.9. The summed E-state index contributed by atoms with van der Waals surface area (Å²) in [5.41, 5.74) is 0.799. The largest absolute Gasteiger partial charge is 0.378 e. The fraction of sp³-hybridized carbons (Fsp3) is 0.100. The standard InChI is InChI=1S/C20H17N5O/c26-20(17-7-2-1-3-8-17,18-9-5-11-22-15-18)19(25-13-12-23-24-25)16-6-4-10-21-14-16/h1-15,19,26H/t19?,20-/m1/s1. The highest BCUT2D eigenvalue weighted by Crippen LogP contribution is 2.42. The van der Waals surface area contributed by atoms with Crippen molar-refractivity contribution in [1.29, 1.82) is 0 Å². The number of rotatable bonds is 5. The molecule has 26 heavy (non-hydrogen) atoms. The molecule has 0 amide bonds. The molecule has 4 rings (SSSR count). The number of hydrogen-bond donors (Lipinski definition) is 1. The molecule has 4 aromatic rings. The Hall–Kier alpha value is -3.38. The zero-order valence-electron chi connectivity index (χ0n) is 13.9. The van der Waals surface area contributed by atoms with Gasteiger partial charge in [0.1, 0.15) is 11.6 Å². The Morgan fingerprint density at radius 3 is 2.15 bits per heavy atom. The molecule has 6 nitrogen and oxygen atoms in total.